The van der Waals surface area contributed by atoms with E-state index in [-0.39, 0.29) is 10.7 Å². The van der Waals surface area contributed by atoms with Crippen molar-refractivity contribution >= 4 is 39.1 Å². The zero-order valence-electron chi connectivity index (χ0n) is 14.3. The van der Waals surface area contributed by atoms with Crippen molar-refractivity contribution in [3.63, 3.8) is 0 Å². The Morgan fingerprint density at radius 3 is 2.78 bits per heavy atom. The molecule has 1 aromatic heterocycles. The van der Waals surface area contributed by atoms with E-state index < -0.39 is 34.5 Å². The number of hydrogen-bond acceptors (Lipinski definition) is 7. The summed E-state index contributed by atoms with van der Waals surface area (Å²) in [6.45, 7) is 1.40. The van der Waals surface area contributed by atoms with Gasteiger partial charge in [-0.3, -0.25) is 14.5 Å². The first-order valence-corrected chi connectivity index (χ1v) is 10.4. The molecule has 1 aromatic carbocycles. The average Bonchev–Trinajstić information content (AvgIpc) is 3.25. The third-order valence-corrected chi connectivity index (χ3v) is 5.99. The minimum Gasteiger partial charge on any atom is -0.454 e. The van der Waals surface area contributed by atoms with Crippen LogP contribution < -0.4 is 10.0 Å². The van der Waals surface area contributed by atoms with Crippen LogP contribution >= 0.6 is 11.3 Å². The average molecular weight is 407 g/mol. The molecule has 0 radical (unpaired) electrons. The van der Waals surface area contributed by atoms with Crippen molar-refractivity contribution < 1.29 is 22.7 Å². The number of ether oxygens (including phenoxy) is 1. The van der Waals surface area contributed by atoms with Gasteiger partial charge in [-0.1, -0.05) is 18.2 Å². The molecule has 0 bridgehead atoms. The monoisotopic (exact) mass is 407 g/mol. The van der Waals surface area contributed by atoms with Crippen LogP contribution in [0.25, 0.3) is 0 Å². The van der Waals surface area contributed by atoms with Gasteiger partial charge in [0.1, 0.15) is 11.9 Å². The molecule has 1 atom stereocenters. The highest BCUT2D eigenvalue weighted by Crippen LogP contribution is 2.22. The first kappa shape index (κ1) is 19.1. The Balaban J connectivity index is 1.56. The molecule has 0 fully saturated rings. The van der Waals surface area contributed by atoms with Crippen molar-refractivity contribution in [1.82, 2.24) is 10.0 Å². The summed E-state index contributed by atoms with van der Waals surface area (Å²) in [6, 6.07) is 9.13. The summed E-state index contributed by atoms with van der Waals surface area (Å²) in [5.41, 5.74) is 0.394. The van der Waals surface area contributed by atoms with Crippen LogP contribution in [0.4, 0.5) is 0 Å². The van der Waals surface area contributed by atoms with Crippen LogP contribution in [-0.4, -0.2) is 38.8 Å². The van der Waals surface area contributed by atoms with Crippen LogP contribution in [0.5, 0.6) is 0 Å². The van der Waals surface area contributed by atoms with Gasteiger partial charge >= 0.3 is 5.97 Å². The van der Waals surface area contributed by atoms with Crippen LogP contribution in [0.3, 0.4) is 0 Å². The number of aliphatic imine (C=N–C) groups is 1. The highest BCUT2D eigenvalue weighted by molar-refractivity contribution is 7.90. The first-order chi connectivity index (χ1) is 12.9. The summed E-state index contributed by atoms with van der Waals surface area (Å²) in [5.74, 6) is -1.07. The first-order valence-electron chi connectivity index (χ1n) is 8.02. The number of benzene rings is 1. The lowest BCUT2D eigenvalue weighted by molar-refractivity contribution is -0.149. The van der Waals surface area contributed by atoms with E-state index >= 15 is 0 Å². The third-order valence-electron chi connectivity index (χ3n) is 3.71. The Morgan fingerprint density at radius 2 is 2.04 bits per heavy atom. The molecule has 0 unspecified atom stereocenters. The number of nitrogens with zero attached hydrogens (tertiary/aromatic N) is 1. The highest BCUT2D eigenvalue weighted by Gasteiger charge is 2.31. The number of carbonyl (C=O) groups excluding carboxylic acids is 2. The molecular weight excluding hydrogens is 390 g/mol. The molecule has 142 valence electrons. The molecule has 0 spiro atoms. The maximum atomic E-state index is 12.1. The molecule has 2 heterocycles. The molecule has 1 aliphatic rings. The molecule has 0 aliphatic carbocycles. The molecule has 10 heteroatoms. The second-order valence-electron chi connectivity index (χ2n) is 5.72. The SMILES string of the molecule is C[C@H](N=C1NS(=O)(=O)c2ccccc21)C(=O)OCC(=O)NCc1cccs1. The van der Waals surface area contributed by atoms with E-state index in [9.17, 15) is 18.0 Å². The molecule has 2 N–H and O–H groups in total. The van der Waals surface area contributed by atoms with Crippen LogP contribution in [-0.2, 0) is 30.9 Å². The predicted octanol–water partition coefficient (Wildman–Crippen LogP) is 1.03. The zero-order chi connectivity index (χ0) is 19.4. The topological polar surface area (TPSA) is 114 Å². The molecular formula is C17H17N3O5S2. The summed E-state index contributed by atoms with van der Waals surface area (Å²) in [6.07, 6.45) is 0. The van der Waals surface area contributed by atoms with Gasteiger partial charge in [0.05, 0.1) is 11.4 Å². The van der Waals surface area contributed by atoms with Crippen LogP contribution in [0, 0.1) is 0 Å². The van der Waals surface area contributed by atoms with Crippen LogP contribution in [0.15, 0.2) is 51.7 Å². The lowest BCUT2D eigenvalue weighted by Gasteiger charge is -2.09. The van der Waals surface area contributed by atoms with Crippen molar-refractivity contribution in [1.29, 1.82) is 0 Å². The summed E-state index contributed by atoms with van der Waals surface area (Å²) in [5, 5.41) is 4.54. The van der Waals surface area contributed by atoms with Gasteiger partial charge in [-0.25, -0.2) is 13.2 Å². The Morgan fingerprint density at radius 1 is 1.26 bits per heavy atom. The van der Waals surface area contributed by atoms with Gasteiger partial charge in [-0.2, -0.15) is 0 Å². The molecule has 0 saturated heterocycles. The van der Waals surface area contributed by atoms with Crippen molar-refractivity contribution in [3.8, 4) is 0 Å². The normalized spacial score (nSPS) is 17.0. The van der Waals surface area contributed by atoms with E-state index in [4.69, 9.17) is 4.74 Å². The Kier molecular flexibility index (Phi) is 5.57. The van der Waals surface area contributed by atoms with Crippen molar-refractivity contribution in [2.45, 2.75) is 24.4 Å². The van der Waals surface area contributed by atoms with Crippen molar-refractivity contribution in [2.75, 3.05) is 6.61 Å². The fourth-order valence-electron chi connectivity index (χ4n) is 2.38. The van der Waals surface area contributed by atoms with E-state index in [0.29, 0.717) is 12.1 Å². The van der Waals surface area contributed by atoms with Crippen molar-refractivity contribution in [3.05, 3.63) is 52.2 Å². The number of carbonyl (C=O) groups is 2. The quantitative estimate of drug-likeness (QED) is 0.695. The number of amidine groups is 1. The number of nitrogens with one attached hydrogen (secondary N) is 2. The zero-order valence-corrected chi connectivity index (χ0v) is 16.0. The molecule has 8 nitrogen and oxygen atoms in total. The lowest BCUT2D eigenvalue weighted by atomic mass is 10.2. The van der Waals surface area contributed by atoms with Crippen molar-refractivity contribution in [2.24, 2.45) is 4.99 Å². The number of hydrogen-bond donors (Lipinski definition) is 2. The van der Waals surface area contributed by atoms with Gasteiger partial charge < -0.3 is 10.1 Å². The molecule has 1 aliphatic heterocycles. The number of fused-ring (bicyclic) bond motifs is 1. The molecule has 2 aromatic rings. The number of sulfonamides is 1. The van der Waals surface area contributed by atoms with Gasteiger partial charge in [0.15, 0.2) is 6.61 Å². The van der Waals surface area contributed by atoms with Crippen LogP contribution in [0.2, 0.25) is 0 Å². The second-order valence-corrected chi connectivity index (χ2v) is 8.40. The van der Waals surface area contributed by atoms with Gasteiger partial charge in [-0.05, 0) is 30.5 Å². The number of amides is 1. The summed E-state index contributed by atoms with van der Waals surface area (Å²) >= 11 is 1.51. The largest absolute Gasteiger partial charge is 0.454 e. The lowest BCUT2D eigenvalue weighted by Crippen LogP contribution is -2.31. The predicted molar refractivity (Wildman–Crippen MR) is 99.9 cm³/mol. The molecule has 3 rings (SSSR count). The Labute approximate surface area is 160 Å². The Hall–Kier alpha value is -2.72. The van der Waals surface area contributed by atoms with E-state index in [1.807, 2.05) is 17.5 Å². The van der Waals surface area contributed by atoms with E-state index in [0.717, 1.165) is 4.88 Å². The fraction of sp³-hybridized carbons (Fsp3) is 0.235. The summed E-state index contributed by atoms with van der Waals surface area (Å²) < 4.78 is 31.4. The van der Waals surface area contributed by atoms with E-state index in [1.54, 1.807) is 18.2 Å². The van der Waals surface area contributed by atoms with Crippen LogP contribution in [0.1, 0.15) is 17.4 Å². The second kappa shape index (κ2) is 7.89. The van der Waals surface area contributed by atoms with Gasteiger partial charge in [0, 0.05) is 10.4 Å². The Bertz CT molecular complexity index is 984. The maximum absolute atomic E-state index is 12.1. The summed E-state index contributed by atoms with van der Waals surface area (Å²) in [7, 11) is -3.68. The van der Waals surface area contributed by atoms with Gasteiger partial charge in [0.25, 0.3) is 15.9 Å². The maximum Gasteiger partial charge on any atom is 0.331 e. The minimum absolute atomic E-state index is 0.0807. The molecule has 0 saturated carbocycles. The third kappa shape index (κ3) is 4.52. The number of rotatable bonds is 6. The fourth-order valence-corrected chi connectivity index (χ4v) is 4.27. The highest BCUT2D eigenvalue weighted by atomic mass is 32.2. The number of thiophene rings is 1. The van der Waals surface area contributed by atoms with Gasteiger partial charge in [0.2, 0.25) is 0 Å². The van der Waals surface area contributed by atoms with E-state index in [2.05, 4.69) is 15.0 Å². The standard InChI is InChI=1S/C17H17N3O5S2/c1-11(17(22)25-10-15(21)18-9-12-5-4-8-26-12)19-16-13-6-2-3-7-14(13)27(23,24)20-16/h2-8,11H,9-10H2,1H3,(H,18,21)(H,19,20)/t11-/m0/s1. The van der Waals surface area contributed by atoms with E-state index in [1.165, 1.54) is 24.3 Å². The molecule has 1 amide bonds. The smallest absolute Gasteiger partial charge is 0.331 e. The minimum atomic E-state index is -3.68. The van der Waals surface area contributed by atoms with Gasteiger partial charge in [-0.15, -0.1) is 11.3 Å². The number of esters is 1. The summed E-state index contributed by atoms with van der Waals surface area (Å²) in [4.78, 5) is 29.0. The molecule has 27 heavy (non-hydrogen) atoms.